The van der Waals surface area contributed by atoms with E-state index in [9.17, 15) is 18.0 Å². The first-order valence-corrected chi connectivity index (χ1v) is 5.66. The third kappa shape index (κ3) is 3.31. The third-order valence-corrected chi connectivity index (χ3v) is 2.56. The molecule has 0 atom stereocenters. The lowest BCUT2D eigenvalue weighted by Crippen LogP contribution is -2.10. The van der Waals surface area contributed by atoms with Gasteiger partial charge in [0.15, 0.2) is 0 Å². The second-order valence-corrected chi connectivity index (χ2v) is 3.98. The summed E-state index contributed by atoms with van der Waals surface area (Å²) >= 11 is 0. The monoisotopic (exact) mass is 281 g/mol. The fourth-order valence-electron chi connectivity index (χ4n) is 1.61. The Labute approximate surface area is 112 Å². The van der Waals surface area contributed by atoms with Crippen molar-refractivity contribution in [2.75, 3.05) is 0 Å². The Balaban J connectivity index is 2.25. The highest BCUT2D eigenvalue weighted by molar-refractivity contribution is 5.58. The molecule has 1 amide bonds. The summed E-state index contributed by atoms with van der Waals surface area (Å²) in [7, 11) is 0. The van der Waals surface area contributed by atoms with Crippen LogP contribution in [0.1, 0.15) is 11.3 Å². The van der Waals surface area contributed by atoms with Gasteiger partial charge in [-0.1, -0.05) is 0 Å². The van der Waals surface area contributed by atoms with Crippen LogP contribution in [0.3, 0.4) is 0 Å². The number of rotatable bonds is 4. The van der Waals surface area contributed by atoms with Crippen LogP contribution >= 0.6 is 0 Å². The molecule has 0 saturated heterocycles. The van der Waals surface area contributed by atoms with Gasteiger partial charge in [0.1, 0.15) is 5.69 Å². The molecule has 2 heterocycles. The Morgan fingerprint density at radius 3 is 2.60 bits per heavy atom. The SMILES string of the molecule is O=CNCc1ccnc(-c2ccc(C(F)(F)F)nc2)c1. The van der Waals surface area contributed by atoms with E-state index in [0.717, 1.165) is 17.8 Å². The molecule has 104 valence electrons. The minimum atomic E-state index is -4.46. The summed E-state index contributed by atoms with van der Waals surface area (Å²) in [5.41, 5.74) is 0.824. The third-order valence-electron chi connectivity index (χ3n) is 2.56. The van der Waals surface area contributed by atoms with Crippen molar-refractivity contribution in [2.24, 2.45) is 0 Å². The number of hydrogen-bond acceptors (Lipinski definition) is 3. The van der Waals surface area contributed by atoms with Crippen molar-refractivity contribution >= 4 is 6.41 Å². The van der Waals surface area contributed by atoms with E-state index in [1.165, 1.54) is 12.3 Å². The molecular formula is C13H10F3N3O. The Bertz CT molecular complexity index is 597. The molecule has 0 saturated carbocycles. The molecule has 20 heavy (non-hydrogen) atoms. The smallest absolute Gasteiger partial charge is 0.355 e. The van der Waals surface area contributed by atoms with Crippen LogP contribution in [0.15, 0.2) is 36.7 Å². The van der Waals surface area contributed by atoms with E-state index in [4.69, 9.17) is 0 Å². The van der Waals surface area contributed by atoms with Gasteiger partial charge in [0.05, 0.1) is 5.69 Å². The molecule has 0 radical (unpaired) electrons. The number of carbonyl (C=O) groups is 1. The molecule has 4 nitrogen and oxygen atoms in total. The summed E-state index contributed by atoms with van der Waals surface area (Å²) in [5.74, 6) is 0. The maximum absolute atomic E-state index is 12.4. The average Bonchev–Trinajstić information content (AvgIpc) is 2.45. The molecule has 0 aliphatic rings. The summed E-state index contributed by atoms with van der Waals surface area (Å²) in [5, 5.41) is 2.50. The van der Waals surface area contributed by atoms with E-state index in [-0.39, 0.29) is 0 Å². The van der Waals surface area contributed by atoms with Gasteiger partial charge in [0.2, 0.25) is 6.41 Å². The van der Waals surface area contributed by atoms with E-state index in [0.29, 0.717) is 24.2 Å². The van der Waals surface area contributed by atoms with E-state index in [1.54, 1.807) is 12.1 Å². The molecular weight excluding hydrogens is 271 g/mol. The lowest BCUT2D eigenvalue weighted by atomic mass is 10.1. The van der Waals surface area contributed by atoms with Gasteiger partial charge in [0, 0.05) is 24.5 Å². The van der Waals surface area contributed by atoms with Crippen LogP contribution in [-0.4, -0.2) is 16.4 Å². The Hall–Kier alpha value is -2.44. The summed E-state index contributed by atoms with van der Waals surface area (Å²) in [4.78, 5) is 17.7. The fourth-order valence-corrected chi connectivity index (χ4v) is 1.61. The molecule has 1 N–H and O–H groups in total. The molecule has 7 heteroatoms. The van der Waals surface area contributed by atoms with Crippen LogP contribution in [0.4, 0.5) is 13.2 Å². The highest BCUT2D eigenvalue weighted by atomic mass is 19.4. The Kier molecular flexibility index (Phi) is 3.97. The molecule has 0 aromatic carbocycles. The van der Waals surface area contributed by atoms with E-state index < -0.39 is 11.9 Å². The van der Waals surface area contributed by atoms with E-state index >= 15 is 0 Å². The Morgan fingerprint density at radius 1 is 1.20 bits per heavy atom. The van der Waals surface area contributed by atoms with Crippen molar-refractivity contribution in [1.82, 2.24) is 15.3 Å². The van der Waals surface area contributed by atoms with Crippen molar-refractivity contribution in [3.8, 4) is 11.3 Å². The number of halogens is 3. The second kappa shape index (κ2) is 5.68. The van der Waals surface area contributed by atoms with Crippen LogP contribution in [0, 0.1) is 0 Å². The predicted octanol–water partition coefficient (Wildman–Crippen LogP) is 2.41. The van der Waals surface area contributed by atoms with Gasteiger partial charge in [0.25, 0.3) is 0 Å². The molecule has 0 fully saturated rings. The Morgan fingerprint density at radius 2 is 2.00 bits per heavy atom. The minimum Gasteiger partial charge on any atom is -0.355 e. The summed E-state index contributed by atoms with van der Waals surface area (Å²) < 4.78 is 37.2. The van der Waals surface area contributed by atoms with Crippen LogP contribution in [0.5, 0.6) is 0 Å². The molecule has 0 unspecified atom stereocenters. The highest BCUT2D eigenvalue weighted by Crippen LogP contribution is 2.28. The van der Waals surface area contributed by atoms with Crippen LogP contribution in [-0.2, 0) is 17.5 Å². The van der Waals surface area contributed by atoms with E-state index in [1.807, 2.05) is 0 Å². The lowest BCUT2D eigenvalue weighted by Gasteiger charge is -2.07. The number of nitrogens with one attached hydrogen (secondary N) is 1. The van der Waals surface area contributed by atoms with Gasteiger partial charge in [-0.2, -0.15) is 13.2 Å². The number of amides is 1. The largest absolute Gasteiger partial charge is 0.433 e. The maximum atomic E-state index is 12.4. The molecule has 2 aromatic rings. The summed E-state index contributed by atoms with van der Waals surface area (Å²) in [6.07, 6.45) is -1.24. The fraction of sp³-hybridized carbons (Fsp3) is 0.154. The van der Waals surface area contributed by atoms with Crippen molar-refractivity contribution in [3.05, 3.63) is 47.9 Å². The van der Waals surface area contributed by atoms with Crippen LogP contribution < -0.4 is 5.32 Å². The number of alkyl halides is 3. The molecule has 0 aliphatic carbocycles. The normalized spacial score (nSPS) is 11.2. The number of aromatic nitrogens is 2. The van der Waals surface area contributed by atoms with Gasteiger partial charge in [-0.3, -0.25) is 14.8 Å². The zero-order valence-electron chi connectivity index (χ0n) is 10.2. The maximum Gasteiger partial charge on any atom is 0.433 e. The van der Waals surface area contributed by atoms with Gasteiger partial charge < -0.3 is 5.32 Å². The predicted molar refractivity (Wildman–Crippen MR) is 65.4 cm³/mol. The molecule has 2 aromatic heterocycles. The zero-order chi connectivity index (χ0) is 14.6. The zero-order valence-corrected chi connectivity index (χ0v) is 10.2. The quantitative estimate of drug-likeness (QED) is 0.876. The number of carbonyl (C=O) groups excluding carboxylic acids is 1. The standard InChI is InChI=1S/C13H10F3N3O/c14-13(15,16)12-2-1-10(7-19-12)11-5-9(3-4-18-11)6-17-8-20/h1-5,7-8H,6H2,(H,17,20). The first-order valence-electron chi connectivity index (χ1n) is 5.66. The van der Waals surface area contributed by atoms with Crippen LogP contribution in [0.2, 0.25) is 0 Å². The van der Waals surface area contributed by atoms with Crippen molar-refractivity contribution in [3.63, 3.8) is 0 Å². The van der Waals surface area contributed by atoms with Gasteiger partial charge in [-0.15, -0.1) is 0 Å². The number of hydrogen-bond donors (Lipinski definition) is 1. The summed E-state index contributed by atoms with van der Waals surface area (Å²) in [6.45, 7) is 0.326. The van der Waals surface area contributed by atoms with Crippen LogP contribution in [0.25, 0.3) is 11.3 Å². The van der Waals surface area contributed by atoms with Gasteiger partial charge in [-0.05, 0) is 29.8 Å². The lowest BCUT2D eigenvalue weighted by molar-refractivity contribution is -0.141. The minimum absolute atomic E-state index is 0.326. The molecule has 0 spiro atoms. The van der Waals surface area contributed by atoms with Gasteiger partial charge >= 0.3 is 6.18 Å². The highest BCUT2D eigenvalue weighted by Gasteiger charge is 2.32. The van der Waals surface area contributed by atoms with E-state index in [2.05, 4.69) is 15.3 Å². The molecule has 2 rings (SSSR count). The first kappa shape index (κ1) is 14.0. The topological polar surface area (TPSA) is 54.9 Å². The number of nitrogens with zero attached hydrogens (tertiary/aromatic N) is 2. The number of pyridine rings is 2. The summed E-state index contributed by atoms with van der Waals surface area (Å²) in [6, 6.07) is 5.61. The second-order valence-electron chi connectivity index (χ2n) is 3.98. The van der Waals surface area contributed by atoms with Crippen molar-refractivity contribution < 1.29 is 18.0 Å². The average molecular weight is 281 g/mol. The van der Waals surface area contributed by atoms with Crippen molar-refractivity contribution in [1.29, 1.82) is 0 Å². The molecule has 0 aliphatic heterocycles. The van der Waals surface area contributed by atoms with Gasteiger partial charge in [-0.25, -0.2) is 0 Å². The van der Waals surface area contributed by atoms with Crippen molar-refractivity contribution in [2.45, 2.75) is 12.7 Å². The first-order chi connectivity index (χ1) is 9.50. The molecule has 0 bridgehead atoms.